The summed E-state index contributed by atoms with van der Waals surface area (Å²) in [5.41, 5.74) is 1.44. The van der Waals surface area contributed by atoms with Gasteiger partial charge in [0.1, 0.15) is 0 Å². The van der Waals surface area contributed by atoms with Crippen LogP contribution in [0.3, 0.4) is 0 Å². The molecule has 0 nitrogen and oxygen atoms in total. The fourth-order valence-corrected chi connectivity index (χ4v) is 2.68. The molecule has 4 rings (SSSR count). The average Bonchev–Trinajstić information content (AvgIpc) is 3.23. The van der Waals surface area contributed by atoms with Crippen LogP contribution in [0.1, 0.15) is 25.3 Å². The number of fused-ring (bicyclic) bond motifs is 3. The number of halogens is 2. The molecule has 0 fully saturated rings. The average molecular weight is 449 g/mol. The van der Waals surface area contributed by atoms with Gasteiger partial charge in [-0.15, -0.1) is 39.7 Å². The molecule has 4 aromatic carbocycles. The van der Waals surface area contributed by atoms with Gasteiger partial charge in [-0.1, -0.05) is 56.2 Å². The van der Waals surface area contributed by atoms with E-state index >= 15 is 0 Å². The minimum Gasteiger partial charge on any atom is -1.00 e. The van der Waals surface area contributed by atoms with Crippen molar-refractivity contribution in [3.05, 3.63) is 84.4 Å². The third-order valence-corrected chi connectivity index (χ3v) is 3.88. The number of hydrogen-bond donors (Lipinski definition) is 0. The van der Waals surface area contributed by atoms with Crippen molar-refractivity contribution >= 4 is 27.7 Å². The van der Waals surface area contributed by atoms with Crippen molar-refractivity contribution in [2.45, 2.75) is 32.9 Å². The fraction of sp³-hybridized carbons (Fsp3) is 0.217. The molecule has 0 spiro atoms. The van der Waals surface area contributed by atoms with E-state index in [1.165, 1.54) is 27.1 Å². The van der Waals surface area contributed by atoms with Crippen molar-refractivity contribution < 1.29 is 44.0 Å². The Balaban J connectivity index is 0.000000422. The second kappa shape index (κ2) is 13.4. The van der Waals surface area contributed by atoms with E-state index < -0.39 is 0 Å². The van der Waals surface area contributed by atoms with Gasteiger partial charge in [0.15, 0.2) is 0 Å². The Morgan fingerprint density at radius 1 is 0.815 bits per heavy atom. The van der Waals surface area contributed by atoms with E-state index in [0.717, 1.165) is 0 Å². The van der Waals surface area contributed by atoms with Gasteiger partial charge in [-0.25, -0.2) is 6.07 Å². The Bertz CT molecular complexity index is 870. The van der Waals surface area contributed by atoms with Crippen LogP contribution >= 0.6 is 0 Å². The van der Waals surface area contributed by atoms with Gasteiger partial charge in [0.25, 0.3) is 0 Å². The van der Waals surface area contributed by atoms with Gasteiger partial charge in [0.2, 0.25) is 0 Å². The summed E-state index contributed by atoms with van der Waals surface area (Å²) in [5.74, 6) is 0.685. The van der Waals surface area contributed by atoms with Crippen LogP contribution in [0, 0.1) is 0 Å². The van der Waals surface area contributed by atoms with Crippen molar-refractivity contribution in [2.75, 3.05) is 0 Å². The minimum absolute atomic E-state index is 0. The summed E-state index contributed by atoms with van der Waals surface area (Å²) >= 11 is 2.27. The Morgan fingerprint density at radius 3 is 1.59 bits per heavy atom. The first kappa shape index (κ1) is 26.2. The van der Waals surface area contributed by atoms with Crippen LogP contribution in [0.25, 0.3) is 21.5 Å². The van der Waals surface area contributed by atoms with E-state index in [4.69, 9.17) is 0 Å². The molecule has 4 aromatic rings. The Kier molecular flexibility index (Phi) is 13.0. The standard InChI is InChI=1S/C13H9.C8H11.C2H6Si.2ClH.Ti/c1-3-7-12-10(5-1)9-11-6-2-4-8-13(11)12;1-7(2)8-5-3-4-6-8;1-3-2;;;/h1-9H;3-7H,1-2H3;1-2H3;2*1H;/q2*-1;;;;+2/p-2. The van der Waals surface area contributed by atoms with Gasteiger partial charge in [0, 0.05) is 0 Å². The Hall–Kier alpha value is -0.829. The molecule has 0 N–H and O–H groups in total. The normalized spacial score (nSPS) is 9.44. The van der Waals surface area contributed by atoms with E-state index in [1.54, 1.807) is 0 Å². The second-order valence-corrected chi connectivity index (χ2v) is 13.4. The topological polar surface area (TPSA) is 0 Å². The molecule has 0 aromatic heterocycles. The first-order chi connectivity index (χ1) is 12.0. The van der Waals surface area contributed by atoms with Crippen LogP contribution < -0.4 is 24.8 Å². The molecule has 0 amide bonds. The molecule has 27 heavy (non-hydrogen) atoms. The zero-order valence-corrected chi connectivity index (χ0v) is 20.4. The van der Waals surface area contributed by atoms with E-state index in [2.05, 4.69) is 125 Å². The van der Waals surface area contributed by atoms with Crippen LogP contribution in [0.4, 0.5) is 0 Å². The SMILES string of the molecule is CC(C)c1cc[cH-]c1.C[Si](C)=[Ti+2].[Cl-].[Cl-].c1ccc2c(c1)[cH-]c1ccccc12. The maximum Gasteiger partial charge on any atom is -0.0771 e. The van der Waals surface area contributed by atoms with Gasteiger partial charge in [-0.3, -0.25) is 0 Å². The van der Waals surface area contributed by atoms with Crippen LogP contribution in [-0.2, 0) is 19.2 Å². The molecule has 0 saturated carbocycles. The summed E-state index contributed by atoms with van der Waals surface area (Å²) in [5, 5.41) is 5.39. The van der Waals surface area contributed by atoms with E-state index in [-0.39, 0.29) is 31.0 Å². The molecule has 0 radical (unpaired) electrons. The van der Waals surface area contributed by atoms with Crippen LogP contribution in [-0.4, -0.2) is 6.19 Å². The van der Waals surface area contributed by atoms with Gasteiger partial charge in [-0.05, 0) is 0 Å². The zero-order chi connectivity index (χ0) is 18.2. The molecule has 0 bridgehead atoms. The summed E-state index contributed by atoms with van der Waals surface area (Å²) in [7, 11) is 0. The van der Waals surface area contributed by atoms with E-state index in [0.29, 0.717) is 5.92 Å². The minimum atomic E-state index is 0. The molecule has 142 valence electrons. The summed E-state index contributed by atoms with van der Waals surface area (Å²) in [4.78, 5) is 0. The zero-order valence-electron chi connectivity index (χ0n) is 16.3. The first-order valence-corrected chi connectivity index (χ1v) is 13.6. The predicted molar refractivity (Wildman–Crippen MR) is 111 cm³/mol. The molecule has 0 aliphatic heterocycles. The number of benzene rings is 2. The summed E-state index contributed by atoms with van der Waals surface area (Å²) in [6, 6.07) is 27.7. The van der Waals surface area contributed by atoms with Crippen molar-refractivity contribution in [2.24, 2.45) is 0 Å². The maximum absolute atomic E-state index is 2.27. The van der Waals surface area contributed by atoms with Gasteiger partial charge >= 0.3 is 38.5 Å². The van der Waals surface area contributed by atoms with Gasteiger partial charge < -0.3 is 24.8 Å². The Labute approximate surface area is 188 Å². The van der Waals surface area contributed by atoms with E-state index in [1.807, 2.05) is 0 Å². The predicted octanol–water partition coefficient (Wildman–Crippen LogP) is 1.03. The number of rotatable bonds is 1. The van der Waals surface area contributed by atoms with Crippen LogP contribution in [0.15, 0.2) is 78.9 Å². The summed E-state index contributed by atoms with van der Waals surface area (Å²) < 4.78 is 0. The monoisotopic (exact) mass is 448 g/mol. The molecule has 0 aliphatic rings. The second-order valence-electron chi connectivity index (χ2n) is 6.69. The molecule has 0 saturated heterocycles. The molecule has 4 heteroatoms. The van der Waals surface area contributed by atoms with Crippen LogP contribution in [0.5, 0.6) is 0 Å². The smallest absolute Gasteiger partial charge is 0.0771 e. The molecule has 0 heterocycles. The summed E-state index contributed by atoms with van der Waals surface area (Å²) in [6.45, 7) is 8.94. The van der Waals surface area contributed by atoms with Gasteiger partial charge in [0.05, 0.1) is 0 Å². The maximum atomic E-state index is 2.27. The summed E-state index contributed by atoms with van der Waals surface area (Å²) in [6.07, 6.45) is 0.120. The van der Waals surface area contributed by atoms with Crippen molar-refractivity contribution in [3.63, 3.8) is 0 Å². The third kappa shape index (κ3) is 8.37. The van der Waals surface area contributed by atoms with Crippen molar-refractivity contribution in [1.29, 1.82) is 0 Å². The fourth-order valence-electron chi connectivity index (χ4n) is 2.68. The van der Waals surface area contributed by atoms with E-state index in [9.17, 15) is 0 Å². The quantitative estimate of drug-likeness (QED) is 0.301. The first-order valence-electron chi connectivity index (χ1n) is 8.75. The van der Waals surface area contributed by atoms with Crippen molar-refractivity contribution in [1.82, 2.24) is 0 Å². The molecular formula is C23H26Cl2SiTi-2. The van der Waals surface area contributed by atoms with Gasteiger partial charge in [-0.2, -0.15) is 23.8 Å². The molecule has 0 aliphatic carbocycles. The Morgan fingerprint density at radius 2 is 1.26 bits per heavy atom. The molecule has 0 atom stereocenters. The molecule has 0 unspecified atom stereocenters. The van der Waals surface area contributed by atoms with Crippen LogP contribution in [0.2, 0.25) is 13.1 Å². The number of hydrogen-bond acceptors (Lipinski definition) is 0. The third-order valence-electron chi connectivity index (χ3n) is 3.88. The largest absolute Gasteiger partial charge is 1.00 e. The molecular weight excluding hydrogens is 423 g/mol. The van der Waals surface area contributed by atoms with Crippen molar-refractivity contribution in [3.8, 4) is 0 Å².